The van der Waals surface area contributed by atoms with E-state index in [0.29, 0.717) is 18.5 Å². The van der Waals surface area contributed by atoms with E-state index in [4.69, 9.17) is 5.73 Å². The maximum atomic E-state index is 12.5. The number of likely N-dealkylation sites (tertiary alicyclic amines) is 1. The quantitative estimate of drug-likeness (QED) is 0.893. The number of carbonyl (C=O) groups is 1. The van der Waals surface area contributed by atoms with Gasteiger partial charge >= 0.3 is 0 Å². The molecular weight excluding hydrogens is 276 g/mol. The second-order valence-corrected chi connectivity index (χ2v) is 5.28. The third-order valence-corrected chi connectivity index (χ3v) is 3.69. The van der Waals surface area contributed by atoms with Crippen LogP contribution in [0.25, 0.3) is 0 Å². The molecule has 3 N–H and O–H groups in total. The molecule has 1 aromatic rings. The Bertz CT molecular complexity index is 434. The van der Waals surface area contributed by atoms with Crippen LogP contribution >= 0.6 is 12.4 Å². The van der Waals surface area contributed by atoms with Gasteiger partial charge in [-0.25, -0.2) is 0 Å². The van der Waals surface area contributed by atoms with Gasteiger partial charge in [-0.2, -0.15) is 0 Å². The van der Waals surface area contributed by atoms with Gasteiger partial charge in [0.15, 0.2) is 0 Å². The summed E-state index contributed by atoms with van der Waals surface area (Å²) in [6.45, 7) is 3.05. The fourth-order valence-corrected chi connectivity index (χ4v) is 2.69. The van der Waals surface area contributed by atoms with Gasteiger partial charge in [-0.3, -0.25) is 4.79 Å². The number of rotatable bonds is 4. The molecule has 1 aliphatic rings. The zero-order valence-corrected chi connectivity index (χ0v) is 12.6. The summed E-state index contributed by atoms with van der Waals surface area (Å²) in [6, 6.07) is 7.63. The monoisotopic (exact) mass is 298 g/mol. The van der Waals surface area contributed by atoms with Gasteiger partial charge in [-0.15, -0.1) is 12.4 Å². The second-order valence-electron chi connectivity index (χ2n) is 5.28. The largest absolute Gasteiger partial charge is 0.393 e. The summed E-state index contributed by atoms with van der Waals surface area (Å²) >= 11 is 0. The number of hydrogen-bond donors (Lipinski definition) is 2. The second kappa shape index (κ2) is 7.62. The summed E-state index contributed by atoms with van der Waals surface area (Å²) in [5.41, 5.74) is 7.28. The maximum absolute atomic E-state index is 12.5. The van der Waals surface area contributed by atoms with Crippen molar-refractivity contribution in [3.05, 3.63) is 35.4 Å². The zero-order valence-electron chi connectivity index (χ0n) is 11.8. The maximum Gasteiger partial charge on any atom is 0.254 e. The van der Waals surface area contributed by atoms with Crippen molar-refractivity contribution >= 4 is 18.3 Å². The molecule has 1 amide bonds. The number of halogens is 1. The molecule has 0 saturated carbocycles. The smallest absolute Gasteiger partial charge is 0.254 e. The fraction of sp³-hybridized carbons (Fsp3) is 0.533. The topological polar surface area (TPSA) is 66.6 Å². The van der Waals surface area contributed by atoms with Crippen molar-refractivity contribution in [2.45, 2.75) is 44.9 Å². The van der Waals surface area contributed by atoms with Gasteiger partial charge in [-0.1, -0.05) is 12.1 Å². The van der Waals surface area contributed by atoms with Gasteiger partial charge < -0.3 is 15.7 Å². The van der Waals surface area contributed by atoms with E-state index >= 15 is 0 Å². The van der Waals surface area contributed by atoms with Gasteiger partial charge in [0.05, 0.1) is 6.10 Å². The van der Waals surface area contributed by atoms with Crippen molar-refractivity contribution in [3.63, 3.8) is 0 Å². The Balaban J connectivity index is 0.00000200. The molecule has 20 heavy (non-hydrogen) atoms. The van der Waals surface area contributed by atoms with E-state index in [9.17, 15) is 9.90 Å². The first-order valence-electron chi connectivity index (χ1n) is 6.90. The highest BCUT2D eigenvalue weighted by molar-refractivity contribution is 5.94. The van der Waals surface area contributed by atoms with Crippen molar-refractivity contribution < 1.29 is 9.90 Å². The Morgan fingerprint density at radius 2 is 2.10 bits per heavy atom. The SMILES string of the molecule is CC(O)CC1CCCN1C(=O)c1ccc(CN)cc1.Cl. The van der Waals surface area contributed by atoms with Crippen LogP contribution in [0, 0.1) is 0 Å². The molecule has 1 aromatic carbocycles. The highest BCUT2D eigenvalue weighted by Crippen LogP contribution is 2.23. The van der Waals surface area contributed by atoms with E-state index in [1.54, 1.807) is 6.92 Å². The molecule has 0 aromatic heterocycles. The molecule has 1 aliphatic heterocycles. The lowest BCUT2D eigenvalue weighted by Crippen LogP contribution is -2.37. The van der Waals surface area contributed by atoms with Gasteiger partial charge in [0.1, 0.15) is 0 Å². The van der Waals surface area contributed by atoms with Crippen molar-refractivity contribution in [3.8, 4) is 0 Å². The molecule has 0 aliphatic carbocycles. The Morgan fingerprint density at radius 3 is 2.65 bits per heavy atom. The van der Waals surface area contributed by atoms with Crippen LogP contribution in [0.5, 0.6) is 0 Å². The van der Waals surface area contributed by atoms with Crippen molar-refractivity contribution in [1.82, 2.24) is 4.90 Å². The van der Waals surface area contributed by atoms with Gasteiger partial charge in [-0.05, 0) is 43.9 Å². The third-order valence-electron chi connectivity index (χ3n) is 3.69. The summed E-state index contributed by atoms with van der Waals surface area (Å²) in [6.07, 6.45) is 2.30. The molecule has 2 unspecified atom stereocenters. The predicted molar refractivity (Wildman–Crippen MR) is 81.9 cm³/mol. The van der Waals surface area contributed by atoms with Crippen molar-refractivity contribution in [2.24, 2.45) is 5.73 Å². The molecular formula is C15H23ClN2O2. The fourth-order valence-electron chi connectivity index (χ4n) is 2.69. The van der Waals surface area contributed by atoms with E-state index in [0.717, 1.165) is 24.9 Å². The van der Waals surface area contributed by atoms with E-state index in [-0.39, 0.29) is 30.5 Å². The first kappa shape index (κ1) is 17.0. The summed E-state index contributed by atoms with van der Waals surface area (Å²) in [5.74, 6) is 0.0618. The lowest BCUT2D eigenvalue weighted by Gasteiger charge is -2.25. The Morgan fingerprint density at radius 1 is 1.45 bits per heavy atom. The van der Waals surface area contributed by atoms with E-state index in [1.807, 2.05) is 29.2 Å². The number of benzene rings is 1. The minimum absolute atomic E-state index is 0. The first-order valence-corrected chi connectivity index (χ1v) is 6.90. The van der Waals surface area contributed by atoms with Crippen LogP contribution in [0.4, 0.5) is 0 Å². The highest BCUT2D eigenvalue weighted by atomic mass is 35.5. The molecule has 1 fully saturated rings. The molecule has 0 spiro atoms. The lowest BCUT2D eigenvalue weighted by atomic mass is 10.1. The Kier molecular flexibility index (Phi) is 6.46. The van der Waals surface area contributed by atoms with Crippen molar-refractivity contribution in [2.75, 3.05) is 6.54 Å². The zero-order chi connectivity index (χ0) is 13.8. The molecule has 0 bridgehead atoms. The molecule has 5 heteroatoms. The van der Waals surface area contributed by atoms with Crippen LogP contribution in [-0.4, -0.2) is 34.6 Å². The first-order chi connectivity index (χ1) is 9.11. The molecule has 2 atom stereocenters. The van der Waals surface area contributed by atoms with E-state index in [1.165, 1.54) is 0 Å². The van der Waals surface area contributed by atoms with E-state index < -0.39 is 0 Å². The molecule has 2 rings (SSSR count). The molecule has 0 radical (unpaired) electrons. The Labute approximate surface area is 126 Å². The van der Waals surface area contributed by atoms with Crippen LogP contribution in [0.1, 0.15) is 42.1 Å². The van der Waals surface area contributed by atoms with Crippen molar-refractivity contribution in [1.29, 1.82) is 0 Å². The van der Waals surface area contributed by atoms with Crippen LogP contribution in [-0.2, 0) is 6.54 Å². The van der Waals surface area contributed by atoms with Gasteiger partial charge in [0.2, 0.25) is 0 Å². The third kappa shape index (κ3) is 3.95. The van der Waals surface area contributed by atoms with Crippen LogP contribution in [0.2, 0.25) is 0 Å². The minimum Gasteiger partial charge on any atom is -0.393 e. The minimum atomic E-state index is -0.363. The summed E-state index contributed by atoms with van der Waals surface area (Å²) < 4.78 is 0. The number of carbonyl (C=O) groups excluding carboxylic acids is 1. The number of amides is 1. The van der Waals surface area contributed by atoms with Crippen LogP contribution < -0.4 is 5.73 Å². The normalized spacial score (nSPS) is 19.6. The van der Waals surface area contributed by atoms with Gasteiger partial charge in [0.25, 0.3) is 5.91 Å². The average molecular weight is 299 g/mol. The van der Waals surface area contributed by atoms with Crippen LogP contribution in [0.3, 0.4) is 0 Å². The number of aliphatic hydroxyl groups is 1. The summed E-state index contributed by atoms with van der Waals surface area (Å²) in [4.78, 5) is 14.3. The molecule has 1 saturated heterocycles. The molecule has 4 nitrogen and oxygen atoms in total. The summed E-state index contributed by atoms with van der Waals surface area (Å²) in [7, 11) is 0. The molecule has 1 heterocycles. The Hall–Kier alpha value is -1.10. The standard InChI is InChI=1S/C15H22N2O2.ClH/c1-11(18)9-14-3-2-8-17(14)15(19)13-6-4-12(10-16)5-7-13;/h4-7,11,14,18H,2-3,8-10,16H2,1H3;1H. The number of aliphatic hydroxyl groups excluding tert-OH is 1. The van der Waals surface area contributed by atoms with Gasteiger partial charge in [0, 0.05) is 24.7 Å². The summed E-state index contributed by atoms with van der Waals surface area (Å²) in [5, 5.41) is 9.50. The number of nitrogens with zero attached hydrogens (tertiary/aromatic N) is 1. The molecule has 112 valence electrons. The van der Waals surface area contributed by atoms with Crippen LogP contribution in [0.15, 0.2) is 24.3 Å². The predicted octanol–water partition coefficient (Wildman–Crippen LogP) is 1.94. The van der Waals surface area contributed by atoms with E-state index in [2.05, 4.69) is 0 Å². The average Bonchev–Trinajstić information content (AvgIpc) is 2.85. The number of hydrogen-bond acceptors (Lipinski definition) is 3. The highest BCUT2D eigenvalue weighted by Gasteiger charge is 2.29. The number of nitrogens with two attached hydrogens (primary N) is 1. The lowest BCUT2D eigenvalue weighted by molar-refractivity contribution is 0.0682.